The third-order valence-corrected chi connectivity index (χ3v) is 8.61. The molecule has 0 aromatic heterocycles. The van der Waals surface area contributed by atoms with Gasteiger partial charge < -0.3 is 5.32 Å². The lowest BCUT2D eigenvalue weighted by atomic mass is 10.0. The van der Waals surface area contributed by atoms with Gasteiger partial charge in [0.25, 0.3) is 0 Å². The Labute approximate surface area is 223 Å². The van der Waals surface area contributed by atoms with Crippen molar-refractivity contribution in [1.82, 2.24) is 10.2 Å². The molecule has 1 N–H and O–H groups in total. The first kappa shape index (κ1) is 27.7. The van der Waals surface area contributed by atoms with Crippen molar-refractivity contribution in [1.29, 1.82) is 0 Å². The van der Waals surface area contributed by atoms with Gasteiger partial charge in [0.2, 0.25) is 15.9 Å². The zero-order valence-corrected chi connectivity index (χ0v) is 22.2. The molecule has 0 unspecified atom stereocenters. The summed E-state index contributed by atoms with van der Waals surface area (Å²) in [6, 6.07) is 20.7. The molecule has 1 amide bonds. The van der Waals surface area contributed by atoms with Crippen molar-refractivity contribution in [3.05, 3.63) is 102 Å². The minimum Gasteiger partial charge on any atom is -0.353 e. The molecule has 1 saturated heterocycles. The van der Waals surface area contributed by atoms with E-state index in [1.165, 1.54) is 28.6 Å². The standard InChI is InChI=1S/C29H33F2N3O3S/c1-22(33-16-14-26(15-17-33)32-29(35)18-24-10-5-6-13-28(24)31)20-34(27-12-7-11-25(30)19-27)38(36,37)21-23-8-3-2-4-9-23/h2-13,19,22,26H,14-18,20-21H2,1H3,(H,32,35)/t22-/m0/s1. The summed E-state index contributed by atoms with van der Waals surface area (Å²) in [5, 5.41) is 3.00. The first-order valence-electron chi connectivity index (χ1n) is 12.8. The van der Waals surface area contributed by atoms with E-state index in [0.29, 0.717) is 42.7 Å². The number of hydrogen-bond donors (Lipinski definition) is 1. The van der Waals surface area contributed by atoms with E-state index in [0.717, 1.165) is 0 Å². The molecule has 1 heterocycles. The van der Waals surface area contributed by atoms with Crippen molar-refractivity contribution in [3.63, 3.8) is 0 Å². The van der Waals surface area contributed by atoms with E-state index in [4.69, 9.17) is 0 Å². The van der Waals surface area contributed by atoms with Crippen LogP contribution >= 0.6 is 0 Å². The van der Waals surface area contributed by atoms with Gasteiger partial charge in [-0.25, -0.2) is 17.2 Å². The highest BCUT2D eigenvalue weighted by atomic mass is 32.2. The molecule has 0 bridgehead atoms. The third-order valence-electron chi connectivity index (χ3n) is 6.88. The molecule has 1 aliphatic heterocycles. The summed E-state index contributed by atoms with van der Waals surface area (Å²) in [6.07, 6.45) is 1.39. The second kappa shape index (κ2) is 12.5. The molecule has 3 aromatic carbocycles. The number of halogens is 2. The van der Waals surface area contributed by atoms with E-state index in [9.17, 15) is 22.0 Å². The second-order valence-electron chi connectivity index (χ2n) is 9.75. The van der Waals surface area contributed by atoms with Crippen molar-refractivity contribution >= 4 is 21.6 Å². The van der Waals surface area contributed by atoms with Gasteiger partial charge in [-0.3, -0.25) is 14.0 Å². The fourth-order valence-corrected chi connectivity index (χ4v) is 6.45. The van der Waals surface area contributed by atoms with Crippen molar-refractivity contribution in [3.8, 4) is 0 Å². The van der Waals surface area contributed by atoms with Crippen LogP contribution in [-0.2, 0) is 27.0 Å². The van der Waals surface area contributed by atoms with Crippen LogP contribution in [0.1, 0.15) is 30.9 Å². The van der Waals surface area contributed by atoms with Crippen molar-refractivity contribution in [2.24, 2.45) is 0 Å². The van der Waals surface area contributed by atoms with Crippen molar-refractivity contribution < 1.29 is 22.0 Å². The third kappa shape index (κ3) is 7.39. The number of benzene rings is 3. The maximum atomic E-state index is 14.1. The van der Waals surface area contributed by atoms with E-state index >= 15 is 0 Å². The van der Waals surface area contributed by atoms with E-state index in [1.54, 1.807) is 48.5 Å². The number of hydrogen-bond acceptors (Lipinski definition) is 4. The van der Waals surface area contributed by atoms with Gasteiger partial charge in [-0.2, -0.15) is 0 Å². The predicted molar refractivity (Wildman–Crippen MR) is 145 cm³/mol. The quantitative estimate of drug-likeness (QED) is 0.410. The Hall–Kier alpha value is -3.30. The summed E-state index contributed by atoms with van der Waals surface area (Å²) in [5.41, 5.74) is 1.32. The number of carbonyl (C=O) groups excluding carboxylic acids is 1. The summed E-state index contributed by atoms with van der Waals surface area (Å²) >= 11 is 0. The monoisotopic (exact) mass is 541 g/mol. The van der Waals surface area contributed by atoms with Gasteiger partial charge in [-0.1, -0.05) is 54.6 Å². The first-order valence-corrected chi connectivity index (χ1v) is 14.4. The smallest absolute Gasteiger partial charge is 0.239 e. The fourth-order valence-electron chi connectivity index (χ4n) is 4.81. The number of nitrogens with zero attached hydrogens (tertiary/aromatic N) is 2. The maximum Gasteiger partial charge on any atom is 0.239 e. The SMILES string of the molecule is C[C@@H](CN(c1cccc(F)c1)S(=O)(=O)Cc1ccccc1)N1CCC(NC(=O)Cc2ccccc2F)CC1. The molecule has 202 valence electrons. The Balaban J connectivity index is 1.38. The highest BCUT2D eigenvalue weighted by Crippen LogP contribution is 2.24. The summed E-state index contributed by atoms with van der Waals surface area (Å²) in [4.78, 5) is 14.6. The number of carbonyl (C=O) groups is 1. The molecule has 0 radical (unpaired) electrons. The summed E-state index contributed by atoms with van der Waals surface area (Å²) in [6.45, 7) is 3.47. The highest BCUT2D eigenvalue weighted by molar-refractivity contribution is 7.92. The molecule has 1 atom stereocenters. The molecule has 0 spiro atoms. The van der Waals surface area contributed by atoms with Gasteiger partial charge >= 0.3 is 0 Å². The summed E-state index contributed by atoms with van der Waals surface area (Å²) < 4.78 is 56.2. The van der Waals surface area contributed by atoms with Crippen LogP contribution in [0.5, 0.6) is 0 Å². The number of likely N-dealkylation sites (tertiary alicyclic amines) is 1. The van der Waals surface area contributed by atoms with Crippen molar-refractivity contribution in [2.45, 2.75) is 44.0 Å². The van der Waals surface area contributed by atoms with E-state index < -0.39 is 21.7 Å². The number of nitrogens with one attached hydrogen (secondary N) is 1. The first-order chi connectivity index (χ1) is 18.2. The summed E-state index contributed by atoms with van der Waals surface area (Å²) in [5.74, 6) is -1.29. The Morgan fingerprint density at radius 1 is 1.00 bits per heavy atom. The number of piperidine rings is 1. The van der Waals surface area contributed by atoms with Crippen LogP contribution in [0.4, 0.5) is 14.5 Å². The molecule has 9 heteroatoms. The minimum atomic E-state index is -3.79. The number of anilines is 1. The normalized spacial score (nSPS) is 15.7. The van der Waals surface area contributed by atoms with Crippen LogP contribution in [0.2, 0.25) is 0 Å². The zero-order valence-electron chi connectivity index (χ0n) is 21.4. The van der Waals surface area contributed by atoms with Gasteiger partial charge in [-0.05, 0) is 55.2 Å². The van der Waals surface area contributed by atoms with Crippen LogP contribution < -0.4 is 9.62 Å². The topological polar surface area (TPSA) is 69.7 Å². The lowest BCUT2D eigenvalue weighted by Gasteiger charge is -2.38. The van der Waals surface area contributed by atoms with Crippen LogP contribution in [0.25, 0.3) is 0 Å². The van der Waals surface area contributed by atoms with Crippen LogP contribution in [0, 0.1) is 11.6 Å². The number of sulfonamides is 1. The van der Waals surface area contributed by atoms with E-state index in [1.807, 2.05) is 13.0 Å². The summed E-state index contributed by atoms with van der Waals surface area (Å²) in [7, 11) is -3.79. The van der Waals surface area contributed by atoms with Crippen molar-refractivity contribution in [2.75, 3.05) is 23.9 Å². The Morgan fingerprint density at radius 3 is 2.37 bits per heavy atom. The highest BCUT2D eigenvalue weighted by Gasteiger charge is 2.30. The molecular formula is C29H33F2N3O3S. The van der Waals surface area contributed by atoms with Crippen LogP contribution in [-0.4, -0.2) is 50.9 Å². The van der Waals surface area contributed by atoms with E-state index in [-0.39, 0.29) is 36.7 Å². The molecule has 4 rings (SSSR count). The molecule has 38 heavy (non-hydrogen) atoms. The lowest BCUT2D eigenvalue weighted by molar-refractivity contribution is -0.121. The average Bonchev–Trinajstić information content (AvgIpc) is 2.89. The zero-order chi connectivity index (χ0) is 27.1. The molecule has 3 aromatic rings. The second-order valence-corrected chi connectivity index (χ2v) is 11.6. The molecule has 1 fully saturated rings. The Bertz CT molecular complexity index is 1330. The maximum absolute atomic E-state index is 14.1. The molecular weight excluding hydrogens is 508 g/mol. The van der Waals surface area contributed by atoms with Gasteiger partial charge in [0.05, 0.1) is 17.9 Å². The van der Waals surface area contributed by atoms with Gasteiger partial charge in [0, 0.05) is 31.7 Å². The molecule has 6 nitrogen and oxygen atoms in total. The Morgan fingerprint density at radius 2 is 1.68 bits per heavy atom. The number of rotatable bonds is 10. The minimum absolute atomic E-state index is 0.00877. The van der Waals surface area contributed by atoms with Gasteiger partial charge in [-0.15, -0.1) is 0 Å². The van der Waals surface area contributed by atoms with E-state index in [2.05, 4.69) is 10.2 Å². The average molecular weight is 542 g/mol. The Kier molecular flexibility index (Phi) is 9.12. The van der Waals surface area contributed by atoms with Gasteiger partial charge in [0.1, 0.15) is 11.6 Å². The molecule has 1 aliphatic rings. The van der Waals surface area contributed by atoms with Gasteiger partial charge in [0.15, 0.2) is 0 Å². The molecule has 0 saturated carbocycles. The lowest BCUT2D eigenvalue weighted by Crippen LogP contribution is -2.51. The van der Waals surface area contributed by atoms with Crippen LogP contribution in [0.15, 0.2) is 78.9 Å². The predicted octanol–water partition coefficient (Wildman–Crippen LogP) is 4.51. The number of amides is 1. The molecule has 0 aliphatic carbocycles. The largest absolute Gasteiger partial charge is 0.353 e. The van der Waals surface area contributed by atoms with Crippen LogP contribution in [0.3, 0.4) is 0 Å². The fraction of sp³-hybridized carbons (Fsp3) is 0.345.